The van der Waals surface area contributed by atoms with E-state index in [1.807, 2.05) is 60.7 Å². The molecular weight excluding hydrogens is 641 g/mol. The number of pyridine rings is 2. The molecule has 0 unspecified atom stereocenters. The second-order valence-electron chi connectivity index (χ2n) is 16.2. The summed E-state index contributed by atoms with van der Waals surface area (Å²) in [5.74, 6) is -0.210. The normalized spacial score (nSPS) is 18.3. The molecule has 2 heterocycles. The molecule has 52 heavy (non-hydrogen) atoms. The number of para-hydroxylation sites is 2. The summed E-state index contributed by atoms with van der Waals surface area (Å²) in [6.07, 6.45) is 2.52. The summed E-state index contributed by atoms with van der Waals surface area (Å²) < 4.78 is 0. The van der Waals surface area contributed by atoms with E-state index in [-0.39, 0.29) is 28.7 Å². The van der Waals surface area contributed by atoms with E-state index in [1.165, 1.54) is 11.1 Å². The Morgan fingerprint density at radius 1 is 0.654 bits per heavy atom. The van der Waals surface area contributed by atoms with Gasteiger partial charge in [-0.15, -0.1) is 0 Å². The van der Waals surface area contributed by atoms with Gasteiger partial charge in [-0.25, -0.2) is 9.97 Å². The third-order valence-corrected chi connectivity index (χ3v) is 10.7. The number of aromatic nitrogens is 2. The lowest BCUT2D eigenvalue weighted by Crippen LogP contribution is -2.50. The van der Waals surface area contributed by atoms with E-state index in [1.54, 1.807) is 0 Å². The minimum absolute atomic E-state index is 0.0420. The van der Waals surface area contributed by atoms with Crippen LogP contribution in [0.4, 0.5) is 0 Å². The summed E-state index contributed by atoms with van der Waals surface area (Å²) >= 11 is 0. The number of hydrogen-bond donors (Lipinski definition) is 2. The van der Waals surface area contributed by atoms with Gasteiger partial charge in [-0.3, -0.25) is 9.59 Å². The summed E-state index contributed by atoms with van der Waals surface area (Å²) in [6, 6.07) is 32.2. The Kier molecular flexibility index (Phi) is 9.20. The fourth-order valence-corrected chi connectivity index (χ4v) is 8.73. The van der Waals surface area contributed by atoms with E-state index in [0.29, 0.717) is 17.7 Å². The Bertz CT molecular complexity index is 2360. The maximum absolute atomic E-state index is 14.2. The number of carbonyl (C=O) groups excluding carboxylic acids is 2. The first-order valence-electron chi connectivity index (χ1n) is 18.3. The zero-order valence-corrected chi connectivity index (χ0v) is 31.4. The number of rotatable bonds is 7. The van der Waals surface area contributed by atoms with Gasteiger partial charge in [0.25, 0.3) is 11.8 Å². The monoisotopic (exact) mass is 688 g/mol. The van der Waals surface area contributed by atoms with Gasteiger partial charge in [0, 0.05) is 34.5 Å². The quantitative estimate of drug-likeness (QED) is 0.175. The van der Waals surface area contributed by atoms with E-state index in [4.69, 9.17) is 9.97 Å². The van der Waals surface area contributed by atoms with Gasteiger partial charge in [-0.1, -0.05) is 105 Å². The fraction of sp³-hybridized carbons (Fsp3) is 0.304. The maximum Gasteiger partial charge on any atom is 0.252 e. The number of hydrogen-bond acceptors (Lipinski definition) is 4. The van der Waals surface area contributed by atoms with Crippen LogP contribution < -0.4 is 10.6 Å². The van der Waals surface area contributed by atoms with Gasteiger partial charge >= 0.3 is 0 Å². The number of benzene rings is 4. The van der Waals surface area contributed by atoms with Crippen molar-refractivity contribution in [3.05, 3.63) is 130 Å². The first-order chi connectivity index (χ1) is 24.8. The predicted octanol–water partition coefficient (Wildman–Crippen LogP) is 10.1. The van der Waals surface area contributed by atoms with Crippen molar-refractivity contribution in [2.45, 2.75) is 73.8 Å². The van der Waals surface area contributed by atoms with Crippen molar-refractivity contribution in [2.24, 2.45) is 10.8 Å². The van der Waals surface area contributed by atoms with Crippen molar-refractivity contribution in [3.8, 4) is 22.5 Å². The molecule has 0 saturated heterocycles. The Balaban J connectivity index is 1.13. The van der Waals surface area contributed by atoms with Gasteiger partial charge < -0.3 is 10.6 Å². The minimum atomic E-state index is -0.237. The van der Waals surface area contributed by atoms with Crippen LogP contribution in [0.5, 0.6) is 0 Å². The Labute approximate surface area is 307 Å². The van der Waals surface area contributed by atoms with Gasteiger partial charge in [0.1, 0.15) is 0 Å². The largest absolute Gasteiger partial charge is 0.351 e. The molecule has 2 amide bonds. The summed E-state index contributed by atoms with van der Waals surface area (Å²) in [6.45, 7) is 15.6. The Morgan fingerprint density at radius 2 is 1.15 bits per heavy atom. The van der Waals surface area contributed by atoms with Crippen LogP contribution in [0.1, 0.15) is 83.0 Å². The molecule has 6 nitrogen and oxygen atoms in total. The first kappa shape index (κ1) is 35.1. The predicted molar refractivity (Wildman–Crippen MR) is 213 cm³/mol. The highest BCUT2D eigenvalue weighted by Crippen LogP contribution is 2.46. The maximum atomic E-state index is 14.2. The SMILES string of the molecule is Cc1ccc(-c2cc(C(=O)NC[C@]3(C)C[C@H](NC(=O)c4cc(-c5ccc(C)cc5C)nc5ccccc45)CC(C)(C)C3)c3ccccc3n2)c(C)c1. The van der Waals surface area contributed by atoms with E-state index < -0.39 is 0 Å². The van der Waals surface area contributed by atoms with Crippen LogP contribution in [0, 0.1) is 38.5 Å². The van der Waals surface area contributed by atoms with Crippen LogP contribution in [-0.4, -0.2) is 34.4 Å². The summed E-state index contributed by atoms with van der Waals surface area (Å²) in [4.78, 5) is 38.2. The highest BCUT2D eigenvalue weighted by atomic mass is 16.2. The topological polar surface area (TPSA) is 84.0 Å². The molecule has 1 aliphatic rings. The zero-order valence-electron chi connectivity index (χ0n) is 31.4. The molecule has 0 spiro atoms. The van der Waals surface area contributed by atoms with E-state index >= 15 is 0 Å². The van der Waals surface area contributed by atoms with Gasteiger partial charge in [-0.05, 0) is 93.2 Å². The van der Waals surface area contributed by atoms with Crippen molar-refractivity contribution in [3.63, 3.8) is 0 Å². The van der Waals surface area contributed by atoms with Crippen molar-refractivity contribution in [2.75, 3.05) is 6.54 Å². The molecule has 2 aromatic heterocycles. The highest BCUT2D eigenvalue weighted by Gasteiger charge is 2.42. The standard InChI is InChI=1S/C46H48N4O2/c1-28-16-18-33(30(3)20-28)41-22-37(35-12-8-10-14-39(35)49-41)43(51)47-27-46(7)25-32(24-45(5,6)26-46)48-44(52)38-23-42(34-19-17-29(2)21-31(34)4)50-40-15-11-9-13-36(38)40/h8-23,32H,24-27H2,1-7H3,(H,47,51)(H,48,52)/t32-,46-/m1/s1. The van der Waals surface area contributed by atoms with Gasteiger partial charge in [0.05, 0.1) is 33.5 Å². The fourth-order valence-electron chi connectivity index (χ4n) is 8.73. The van der Waals surface area contributed by atoms with Gasteiger partial charge in [-0.2, -0.15) is 0 Å². The lowest BCUT2D eigenvalue weighted by Gasteiger charge is -2.47. The van der Waals surface area contributed by atoms with Crippen molar-refractivity contribution in [1.82, 2.24) is 20.6 Å². The van der Waals surface area contributed by atoms with Gasteiger partial charge in [0.15, 0.2) is 0 Å². The summed E-state index contributed by atoms with van der Waals surface area (Å²) in [7, 11) is 0. The average molecular weight is 689 g/mol. The van der Waals surface area contributed by atoms with Crippen LogP contribution >= 0.6 is 0 Å². The number of nitrogens with one attached hydrogen (secondary N) is 2. The number of aryl methyl sites for hydroxylation is 4. The molecule has 0 bridgehead atoms. The van der Waals surface area contributed by atoms with Gasteiger partial charge in [0.2, 0.25) is 0 Å². The molecule has 7 rings (SSSR count). The number of amides is 2. The molecule has 1 aliphatic carbocycles. The molecular formula is C46H48N4O2. The zero-order chi connectivity index (χ0) is 36.8. The van der Waals surface area contributed by atoms with E-state index in [0.717, 1.165) is 74.7 Å². The second kappa shape index (κ2) is 13.6. The van der Waals surface area contributed by atoms with Crippen molar-refractivity contribution >= 4 is 33.6 Å². The highest BCUT2D eigenvalue weighted by molar-refractivity contribution is 6.08. The number of fused-ring (bicyclic) bond motifs is 2. The summed E-state index contributed by atoms with van der Waals surface area (Å²) in [5.41, 5.74) is 10.8. The molecule has 6 heteroatoms. The molecule has 1 fully saturated rings. The van der Waals surface area contributed by atoms with Crippen LogP contribution in [0.2, 0.25) is 0 Å². The smallest absolute Gasteiger partial charge is 0.252 e. The lowest BCUT2D eigenvalue weighted by atomic mass is 9.62. The van der Waals surface area contributed by atoms with Crippen molar-refractivity contribution in [1.29, 1.82) is 0 Å². The lowest BCUT2D eigenvalue weighted by molar-refractivity contribution is 0.0593. The van der Waals surface area contributed by atoms with Crippen LogP contribution in [0.15, 0.2) is 97.1 Å². The van der Waals surface area contributed by atoms with Crippen LogP contribution in [-0.2, 0) is 0 Å². The minimum Gasteiger partial charge on any atom is -0.351 e. The molecule has 0 aliphatic heterocycles. The molecule has 2 N–H and O–H groups in total. The Hall–Kier alpha value is -5.36. The summed E-state index contributed by atoms with van der Waals surface area (Å²) in [5, 5.41) is 8.42. The number of carbonyl (C=O) groups is 2. The number of nitrogens with zero attached hydrogens (tertiary/aromatic N) is 2. The van der Waals surface area contributed by atoms with Crippen LogP contribution in [0.3, 0.4) is 0 Å². The molecule has 1 saturated carbocycles. The van der Waals surface area contributed by atoms with E-state index in [9.17, 15) is 9.59 Å². The molecule has 264 valence electrons. The third-order valence-electron chi connectivity index (χ3n) is 10.7. The molecule has 6 aromatic rings. The molecule has 4 aromatic carbocycles. The van der Waals surface area contributed by atoms with Crippen LogP contribution in [0.25, 0.3) is 44.3 Å². The van der Waals surface area contributed by atoms with Crippen molar-refractivity contribution < 1.29 is 9.59 Å². The Morgan fingerprint density at radius 3 is 1.67 bits per heavy atom. The first-order valence-corrected chi connectivity index (χ1v) is 18.3. The third kappa shape index (κ3) is 7.20. The molecule has 2 atom stereocenters. The van der Waals surface area contributed by atoms with E-state index in [2.05, 4.69) is 95.5 Å². The second-order valence-corrected chi connectivity index (χ2v) is 16.2. The average Bonchev–Trinajstić information content (AvgIpc) is 3.09. The molecule has 0 radical (unpaired) electrons.